The van der Waals surface area contributed by atoms with E-state index in [1.165, 1.54) is 0 Å². The highest BCUT2D eigenvalue weighted by atomic mass is 32.2. The summed E-state index contributed by atoms with van der Waals surface area (Å²) in [6.07, 6.45) is -1.29. The summed E-state index contributed by atoms with van der Waals surface area (Å²) >= 11 is 0. The van der Waals surface area contributed by atoms with Crippen molar-refractivity contribution in [3.8, 4) is 0 Å². The largest absolute Gasteiger partial charge is 0.392 e. The van der Waals surface area contributed by atoms with Gasteiger partial charge < -0.3 is 0 Å². The topological polar surface area (TPSA) is 66.5 Å². The molecule has 1 N–H and O–H groups in total. The summed E-state index contributed by atoms with van der Waals surface area (Å²) in [5.41, 5.74) is 0. The van der Waals surface area contributed by atoms with Gasteiger partial charge >= 0.3 is 16.4 Å². The number of hydrogen-bond donors (Lipinski definition) is 1. The zero-order chi connectivity index (χ0) is 16.4. The molecule has 1 amide bonds. The SMILES string of the molecule is O=C(NS(=O)(=O)N1CCCCC1)C1CCCCC1C(F)(F)F. The van der Waals surface area contributed by atoms with Gasteiger partial charge in [-0.1, -0.05) is 19.3 Å². The van der Waals surface area contributed by atoms with E-state index < -0.39 is 34.1 Å². The molecule has 1 saturated carbocycles. The molecule has 128 valence electrons. The monoisotopic (exact) mass is 342 g/mol. The number of rotatable bonds is 3. The van der Waals surface area contributed by atoms with Crippen molar-refractivity contribution >= 4 is 16.1 Å². The summed E-state index contributed by atoms with van der Waals surface area (Å²) in [4.78, 5) is 12.1. The molecule has 9 heteroatoms. The molecule has 2 rings (SSSR count). The molecule has 22 heavy (non-hydrogen) atoms. The third-order valence-electron chi connectivity index (χ3n) is 4.41. The molecule has 0 aromatic carbocycles. The Bertz CT molecular complexity index is 501. The van der Waals surface area contributed by atoms with Crippen molar-refractivity contribution in [1.29, 1.82) is 0 Å². The second-order valence-corrected chi connectivity index (χ2v) is 7.64. The summed E-state index contributed by atoms with van der Waals surface area (Å²) in [7, 11) is -4.03. The van der Waals surface area contributed by atoms with E-state index in [0.717, 1.165) is 10.7 Å². The number of halogens is 3. The number of piperidine rings is 1. The maximum atomic E-state index is 13.0. The standard InChI is InChI=1S/C13H21F3N2O3S/c14-13(15,16)11-7-3-2-6-10(11)12(19)17-22(20,21)18-8-4-1-5-9-18/h10-11H,1-9H2,(H,17,19). The highest BCUT2D eigenvalue weighted by Gasteiger charge is 2.48. The highest BCUT2D eigenvalue weighted by molar-refractivity contribution is 7.87. The van der Waals surface area contributed by atoms with Gasteiger partial charge in [0.2, 0.25) is 5.91 Å². The van der Waals surface area contributed by atoms with E-state index >= 15 is 0 Å². The van der Waals surface area contributed by atoms with Crippen LogP contribution in [0.5, 0.6) is 0 Å². The molecule has 1 heterocycles. The van der Waals surface area contributed by atoms with Gasteiger partial charge in [-0.15, -0.1) is 0 Å². The lowest BCUT2D eigenvalue weighted by Crippen LogP contribution is -2.50. The molecule has 1 aliphatic heterocycles. The predicted molar refractivity (Wildman–Crippen MR) is 74.0 cm³/mol. The maximum Gasteiger partial charge on any atom is 0.392 e. The number of nitrogens with one attached hydrogen (secondary N) is 1. The first-order valence-electron chi connectivity index (χ1n) is 7.60. The zero-order valence-electron chi connectivity index (χ0n) is 12.2. The summed E-state index contributed by atoms with van der Waals surface area (Å²) in [6, 6.07) is 0. The first-order chi connectivity index (χ1) is 10.2. The quantitative estimate of drug-likeness (QED) is 0.855. The van der Waals surface area contributed by atoms with Crippen molar-refractivity contribution in [3.63, 3.8) is 0 Å². The van der Waals surface area contributed by atoms with Crippen LogP contribution in [0.1, 0.15) is 44.9 Å². The lowest BCUT2D eigenvalue weighted by atomic mass is 9.78. The van der Waals surface area contributed by atoms with Crippen LogP contribution in [0, 0.1) is 11.8 Å². The van der Waals surface area contributed by atoms with Gasteiger partial charge in [-0.05, 0) is 25.7 Å². The van der Waals surface area contributed by atoms with Crippen LogP contribution in [0.3, 0.4) is 0 Å². The van der Waals surface area contributed by atoms with Gasteiger partial charge in [0, 0.05) is 13.1 Å². The average molecular weight is 342 g/mol. The number of nitrogens with zero attached hydrogens (tertiary/aromatic N) is 1. The van der Waals surface area contributed by atoms with Gasteiger partial charge in [-0.2, -0.15) is 25.9 Å². The number of carbonyl (C=O) groups is 1. The summed E-state index contributed by atoms with van der Waals surface area (Å²) in [6.45, 7) is 0.603. The van der Waals surface area contributed by atoms with Gasteiger partial charge in [-0.3, -0.25) is 4.79 Å². The molecule has 2 fully saturated rings. The Hall–Kier alpha value is -0.830. The third-order valence-corrected chi connectivity index (χ3v) is 5.91. The van der Waals surface area contributed by atoms with Crippen molar-refractivity contribution in [2.24, 2.45) is 11.8 Å². The van der Waals surface area contributed by atoms with E-state index in [1.807, 2.05) is 4.72 Å². The smallest absolute Gasteiger partial charge is 0.274 e. The number of amides is 1. The number of alkyl halides is 3. The normalized spacial score (nSPS) is 28.3. The average Bonchev–Trinajstić information content (AvgIpc) is 2.47. The first kappa shape index (κ1) is 17.5. The van der Waals surface area contributed by atoms with Crippen molar-refractivity contribution < 1.29 is 26.4 Å². The number of hydrogen-bond acceptors (Lipinski definition) is 3. The minimum atomic E-state index is -4.47. The fourth-order valence-electron chi connectivity index (χ4n) is 3.21. The van der Waals surface area contributed by atoms with Crippen LogP contribution in [0.15, 0.2) is 0 Å². The Labute approximate surface area is 128 Å². The first-order valence-corrected chi connectivity index (χ1v) is 9.04. The molecule has 1 saturated heterocycles. The second-order valence-electron chi connectivity index (χ2n) is 5.97. The minimum Gasteiger partial charge on any atom is -0.274 e. The molecule has 0 aromatic rings. The van der Waals surface area contributed by atoms with E-state index in [1.54, 1.807) is 0 Å². The molecule has 2 unspecified atom stereocenters. The molecule has 0 spiro atoms. The van der Waals surface area contributed by atoms with E-state index in [4.69, 9.17) is 0 Å². The van der Waals surface area contributed by atoms with E-state index in [0.29, 0.717) is 38.8 Å². The van der Waals surface area contributed by atoms with E-state index in [-0.39, 0.29) is 12.8 Å². The lowest BCUT2D eigenvalue weighted by molar-refractivity contribution is -0.197. The van der Waals surface area contributed by atoms with Gasteiger partial charge in [0.25, 0.3) is 0 Å². The van der Waals surface area contributed by atoms with Crippen molar-refractivity contribution in [3.05, 3.63) is 0 Å². The molecule has 2 aliphatic rings. The summed E-state index contributed by atoms with van der Waals surface area (Å²) in [5, 5.41) is 0. The molecule has 2 atom stereocenters. The van der Waals surface area contributed by atoms with E-state index in [9.17, 15) is 26.4 Å². The molecule has 0 aromatic heterocycles. The summed E-state index contributed by atoms with van der Waals surface area (Å²) in [5.74, 6) is -4.08. The molecule has 0 radical (unpaired) electrons. The van der Waals surface area contributed by atoms with Crippen LogP contribution in [-0.4, -0.2) is 37.9 Å². The molecular weight excluding hydrogens is 321 g/mol. The Morgan fingerprint density at radius 2 is 1.59 bits per heavy atom. The van der Waals surface area contributed by atoms with Gasteiger partial charge in [0.05, 0.1) is 11.8 Å². The van der Waals surface area contributed by atoms with Gasteiger partial charge in [-0.25, -0.2) is 4.72 Å². The lowest BCUT2D eigenvalue weighted by Gasteiger charge is -2.33. The Kier molecular flexibility index (Phi) is 5.37. The Morgan fingerprint density at radius 3 is 2.18 bits per heavy atom. The predicted octanol–water partition coefficient (Wildman–Crippen LogP) is 2.20. The van der Waals surface area contributed by atoms with Crippen molar-refractivity contribution in [2.45, 2.75) is 51.1 Å². The van der Waals surface area contributed by atoms with Crippen molar-refractivity contribution in [1.82, 2.24) is 9.03 Å². The maximum absolute atomic E-state index is 13.0. The van der Waals surface area contributed by atoms with Crippen LogP contribution in [0.4, 0.5) is 13.2 Å². The van der Waals surface area contributed by atoms with E-state index in [2.05, 4.69) is 0 Å². The highest BCUT2D eigenvalue weighted by Crippen LogP contribution is 2.41. The second kappa shape index (κ2) is 6.74. The fraction of sp³-hybridized carbons (Fsp3) is 0.923. The van der Waals surface area contributed by atoms with Crippen LogP contribution >= 0.6 is 0 Å². The molecule has 0 bridgehead atoms. The molecular formula is C13H21F3N2O3S. The van der Waals surface area contributed by atoms with Gasteiger partial charge in [0.15, 0.2) is 0 Å². The third kappa shape index (κ3) is 4.13. The van der Waals surface area contributed by atoms with Crippen LogP contribution < -0.4 is 4.72 Å². The van der Waals surface area contributed by atoms with Crippen LogP contribution in [0.25, 0.3) is 0 Å². The fourth-order valence-corrected chi connectivity index (χ4v) is 4.48. The number of carbonyl (C=O) groups excluding carboxylic acids is 1. The van der Waals surface area contributed by atoms with Crippen LogP contribution in [-0.2, 0) is 15.0 Å². The Morgan fingerprint density at radius 1 is 1.00 bits per heavy atom. The minimum absolute atomic E-state index is 0.0749. The Balaban J connectivity index is 2.06. The van der Waals surface area contributed by atoms with Gasteiger partial charge in [0.1, 0.15) is 0 Å². The molecule has 5 nitrogen and oxygen atoms in total. The summed E-state index contributed by atoms with van der Waals surface area (Å²) < 4.78 is 66.2. The van der Waals surface area contributed by atoms with Crippen LogP contribution in [0.2, 0.25) is 0 Å². The molecule has 1 aliphatic carbocycles. The van der Waals surface area contributed by atoms with Crippen molar-refractivity contribution in [2.75, 3.05) is 13.1 Å². The zero-order valence-corrected chi connectivity index (χ0v) is 13.0.